The summed E-state index contributed by atoms with van der Waals surface area (Å²) in [6.07, 6.45) is 10.3. The minimum absolute atomic E-state index is 0.0354. The third-order valence-electron chi connectivity index (χ3n) is 12.4. The van der Waals surface area contributed by atoms with Crippen LogP contribution in [0, 0.1) is 29.6 Å². The Balaban J connectivity index is 1.77. The molecule has 2 bridgehead atoms. The molecule has 0 unspecified atom stereocenters. The lowest BCUT2D eigenvalue weighted by Crippen LogP contribution is -2.64. The molecule has 4 aliphatic rings. The van der Waals surface area contributed by atoms with Crippen molar-refractivity contribution >= 4 is 23.4 Å². The van der Waals surface area contributed by atoms with Crippen molar-refractivity contribution in [3.8, 4) is 0 Å². The maximum atomic E-state index is 14.2. The molecule has 54 heavy (non-hydrogen) atoms. The second-order valence-corrected chi connectivity index (χ2v) is 16.8. The van der Waals surface area contributed by atoms with Gasteiger partial charge in [-0.05, 0) is 89.0 Å². The van der Waals surface area contributed by atoms with Gasteiger partial charge in [0, 0.05) is 44.9 Å². The third-order valence-corrected chi connectivity index (χ3v) is 12.4. The lowest BCUT2D eigenvalue weighted by atomic mass is 9.82. The van der Waals surface area contributed by atoms with Gasteiger partial charge in [0.05, 0.1) is 18.3 Å². The zero-order valence-corrected chi connectivity index (χ0v) is 33.8. The number of ether oxygens (including phenoxy) is 4. The minimum Gasteiger partial charge on any atom is -0.456 e. The quantitative estimate of drug-likeness (QED) is 0.187. The average molecular weight is 758 g/mol. The van der Waals surface area contributed by atoms with E-state index < -0.39 is 77.8 Å². The van der Waals surface area contributed by atoms with E-state index in [1.165, 1.54) is 18.4 Å². The van der Waals surface area contributed by atoms with Gasteiger partial charge in [0.1, 0.15) is 24.0 Å². The molecule has 1 amide bonds. The van der Waals surface area contributed by atoms with Crippen molar-refractivity contribution in [2.75, 3.05) is 20.8 Å². The number of carbonyl (C=O) groups excluding carboxylic acids is 4. The highest BCUT2D eigenvalue weighted by atomic mass is 16.7. The van der Waals surface area contributed by atoms with Crippen LogP contribution in [0.1, 0.15) is 118 Å². The number of cyclic esters (lactones) is 1. The summed E-state index contributed by atoms with van der Waals surface area (Å²) >= 11 is 0. The minimum atomic E-state index is -2.48. The molecule has 2 saturated heterocycles. The molecule has 0 aromatic heterocycles. The van der Waals surface area contributed by atoms with E-state index in [9.17, 15) is 29.4 Å². The Bertz CT molecular complexity index is 1390. The number of fused-ring (bicyclic) bond motifs is 3. The lowest BCUT2D eigenvalue weighted by Gasteiger charge is -2.47. The molecule has 11 atom stereocenters. The number of amides is 1. The fourth-order valence-corrected chi connectivity index (χ4v) is 9.18. The van der Waals surface area contributed by atoms with E-state index in [-0.39, 0.29) is 37.5 Å². The van der Waals surface area contributed by atoms with E-state index >= 15 is 0 Å². The van der Waals surface area contributed by atoms with Crippen LogP contribution in [0.5, 0.6) is 0 Å². The summed E-state index contributed by atoms with van der Waals surface area (Å²) < 4.78 is 24.2. The Hall–Kier alpha value is -2.70. The fourth-order valence-electron chi connectivity index (χ4n) is 9.18. The number of Topliss-reactive ketones (excluding diaryl/α,β-unsaturated/α-hetero) is 2. The van der Waals surface area contributed by atoms with Crippen molar-refractivity contribution in [2.45, 2.75) is 160 Å². The molecule has 0 spiro atoms. The largest absolute Gasteiger partial charge is 0.456 e. The molecule has 0 aromatic carbocycles. The zero-order chi connectivity index (χ0) is 39.7. The van der Waals surface area contributed by atoms with Gasteiger partial charge in [-0.3, -0.25) is 14.4 Å². The first-order valence-corrected chi connectivity index (χ1v) is 20.3. The summed E-state index contributed by atoms with van der Waals surface area (Å²) in [7, 11) is 3.08. The number of aliphatic hydroxyl groups is 2. The van der Waals surface area contributed by atoms with Crippen LogP contribution in [0.15, 0.2) is 36.0 Å². The van der Waals surface area contributed by atoms with Crippen LogP contribution in [0.25, 0.3) is 0 Å². The number of methoxy groups -OCH3 is 2. The highest BCUT2D eigenvalue weighted by Gasteiger charge is 2.56. The number of ketones is 2. The first kappa shape index (κ1) is 44.0. The molecular weight excluding hydrogens is 690 g/mol. The van der Waals surface area contributed by atoms with Crippen LogP contribution in [-0.4, -0.2) is 102 Å². The van der Waals surface area contributed by atoms with E-state index in [4.69, 9.17) is 18.9 Å². The SMILES string of the molecule is C=CC[C@@H]1/C=C(\C)C[C@H](C)C[C@H](OC)[C@H]2O[C@@](O)(C(=O)C(=O)N3CCCC[C@H]3C(=O)O[C@H](/C(C)=C/C3CCCCC3)[C@H](C)[C@@H](O)CC1=O)[C@H](C)C[C@@H]2OC. The van der Waals surface area contributed by atoms with Crippen LogP contribution in [-0.2, 0) is 38.1 Å². The van der Waals surface area contributed by atoms with E-state index in [1.54, 1.807) is 27.0 Å². The van der Waals surface area contributed by atoms with Crippen molar-refractivity contribution in [1.82, 2.24) is 4.90 Å². The van der Waals surface area contributed by atoms with Crippen molar-refractivity contribution in [2.24, 2.45) is 29.6 Å². The van der Waals surface area contributed by atoms with Crippen molar-refractivity contribution in [1.29, 1.82) is 0 Å². The molecule has 304 valence electrons. The third kappa shape index (κ3) is 10.6. The van der Waals surface area contributed by atoms with Crippen LogP contribution >= 0.6 is 0 Å². The van der Waals surface area contributed by atoms with Gasteiger partial charge in [-0.1, -0.05) is 63.8 Å². The summed E-state index contributed by atoms with van der Waals surface area (Å²) in [4.78, 5) is 57.6. The van der Waals surface area contributed by atoms with Gasteiger partial charge in [0.25, 0.3) is 11.7 Å². The normalized spacial score (nSPS) is 38.8. The summed E-state index contributed by atoms with van der Waals surface area (Å²) in [5, 5.41) is 23.6. The lowest BCUT2D eigenvalue weighted by molar-refractivity contribution is -0.302. The molecule has 3 fully saturated rings. The molecule has 4 rings (SSSR count). The van der Waals surface area contributed by atoms with Gasteiger partial charge in [0.15, 0.2) is 0 Å². The Morgan fingerprint density at radius 1 is 0.981 bits per heavy atom. The summed E-state index contributed by atoms with van der Waals surface area (Å²) in [5.41, 5.74) is 1.77. The van der Waals surface area contributed by atoms with Crippen molar-refractivity contribution < 1.29 is 48.3 Å². The van der Waals surface area contributed by atoms with Crippen LogP contribution in [0.2, 0.25) is 0 Å². The standard InChI is InChI=1S/C43H67NO10/c1-9-15-32-21-26(2)20-27(3)22-36(51-7)39-37(52-8)24-29(5)43(50,54-39)40(47)41(48)44-19-14-13-18-33(44)42(49)53-38(30(6)34(45)25-35(32)46)28(4)23-31-16-11-10-12-17-31/h9,21,23,27,29-34,36-39,45,50H,1,10-20,22,24-25H2,2-8H3/b26-21+,28-23+/t27-,29+,30+,32+,33-,34-,36-,37-,38+,39+,43+/m0/s1. The Morgan fingerprint density at radius 3 is 2.28 bits per heavy atom. The second-order valence-electron chi connectivity index (χ2n) is 16.8. The Morgan fingerprint density at radius 2 is 1.63 bits per heavy atom. The second kappa shape index (κ2) is 19.9. The highest BCUT2D eigenvalue weighted by molar-refractivity contribution is 6.39. The zero-order valence-electron chi connectivity index (χ0n) is 33.8. The molecule has 3 heterocycles. The van der Waals surface area contributed by atoms with Gasteiger partial charge in [0.2, 0.25) is 5.79 Å². The fraction of sp³-hybridized carbons (Fsp3) is 0.767. The number of piperidine rings is 1. The number of hydrogen-bond acceptors (Lipinski definition) is 10. The topological polar surface area (TPSA) is 149 Å². The molecule has 11 heteroatoms. The van der Waals surface area contributed by atoms with E-state index in [1.807, 2.05) is 19.9 Å². The molecule has 0 radical (unpaired) electrons. The Kier molecular flexibility index (Phi) is 16.3. The summed E-state index contributed by atoms with van der Waals surface area (Å²) in [6, 6.07) is -1.08. The highest BCUT2D eigenvalue weighted by Crippen LogP contribution is 2.39. The van der Waals surface area contributed by atoms with Gasteiger partial charge in [-0.25, -0.2) is 4.79 Å². The van der Waals surface area contributed by atoms with E-state index in [0.29, 0.717) is 38.0 Å². The molecule has 1 saturated carbocycles. The number of rotatable bonds is 6. The van der Waals surface area contributed by atoms with E-state index in [2.05, 4.69) is 19.6 Å². The molecule has 11 nitrogen and oxygen atoms in total. The monoisotopic (exact) mass is 757 g/mol. The number of esters is 1. The maximum absolute atomic E-state index is 14.2. The first-order valence-electron chi connectivity index (χ1n) is 20.3. The van der Waals surface area contributed by atoms with Crippen LogP contribution in [0.4, 0.5) is 0 Å². The molecule has 2 N–H and O–H groups in total. The summed E-state index contributed by atoms with van der Waals surface area (Å²) in [6.45, 7) is 13.4. The van der Waals surface area contributed by atoms with Crippen LogP contribution in [0.3, 0.4) is 0 Å². The predicted molar refractivity (Wildman–Crippen MR) is 205 cm³/mol. The maximum Gasteiger partial charge on any atom is 0.329 e. The number of aliphatic hydroxyl groups excluding tert-OH is 1. The molecule has 0 aromatic rings. The molecular formula is C43H67NO10. The summed E-state index contributed by atoms with van der Waals surface area (Å²) in [5.74, 6) is -7.03. The first-order chi connectivity index (χ1) is 25.6. The van der Waals surface area contributed by atoms with Crippen molar-refractivity contribution in [3.63, 3.8) is 0 Å². The number of allylic oxidation sites excluding steroid dienone is 4. The van der Waals surface area contributed by atoms with Crippen molar-refractivity contribution in [3.05, 3.63) is 36.0 Å². The smallest absolute Gasteiger partial charge is 0.329 e. The molecule has 3 aliphatic heterocycles. The number of hydrogen-bond donors (Lipinski definition) is 2. The van der Waals surface area contributed by atoms with Gasteiger partial charge in [-0.15, -0.1) is 6.58 Å². The van der Waals surface area contributed by atoms with Gasteiger partial charge >= 0.3 is 5.97 Å². The van der Waals surface area contributed by atoms with E-state index in [0.717, 1.165) is 36.8 Å². The van der Waals surface area contributed by atoms with Crippen LogP contribution < -0.4 is 0 Å². The number of carbonyl (C=O) groups is 4. The van der Waals surface area contributed by atoms with Gasteiger partial charge < -0.3 is 34.1 Å². The Labute approximate surface area is 322 Å². The van der Waals surface area contributed by atoms with Gasteiger partial charge in [-0.2, -0.15) is 0 Å². The molecule has 1 aliphatic carbocycles. The predicted octanol–water partition coefficient (Wildman–Crippen LogP) is 6.04. The number of nitrogens with zero attached hydrogens (tertiary/aromatic N) is 1. The average Bonchev–Trinajstić information content (AvgIpc) is 3.15.